The Balaban J connectivity index is 1.62. The molecule has 0 unspecified atom stereocenters. The van der Waals surface area contributed by atoms with Crippen LogP contribution in [-0.2, 0) is 13.0 Å². The maximum atomic E-state index is 12.6. The molecule has 6 heteroatoms. The molecule has 26 heavy (non-hydrogen) atoms. The summed E-state index contributed by atoms with van der Waals surface area (Å²) >= 11 is 0. The molecular weight excluding hydrogens is 328 g/mol. The summed E-state index contributed by atoms with van der Waals surface area (Å²) in [5.74, 6) is 1.22. The molecule has 138 valence electrons. The van der Waals surface area contributed by atoms with Crippen molar-refractivity contribution in [1.29, 1.82) is 0 Å². The molecular formula is C20H26N4O2. The third-order valence-corrected chi connectivity index (χ3v) is 4.46. The molecule has 2 heterocycles. The molecule has 3 aromatic rings. The zero-order valence-corrected chi connectivity index (χ0v) is 15.5. The van der Waals surface area contributed by atoms with Gasteiger partial charge in [0.1, 0.15) is 0 Å². The molecule has 0 aliphatic heterocycles. The van der Waals surface area contributed by atoms with Crippen molar-refractivity contribution in [2.24, 2.45) is 0 Å². The lowest BCUT2D eigenvalue weighted by Crippen LogP contribution is -2.24. The highest BCUT2D eigenvalue weighted by Crippen LogP contribution is 2.22. The van der Waals surface area contributed by atoms with Crippen molar-refractivity contribution in [3.8, 4) is 0 Å². The van der Waals surface area contributed by atoms with Crippen molar-refractivity contribution < 1.29 is 9.32 Å². The van der Waals surface area contributed by atoms with Gasteiger partial charge in [-0.05, 0) is 25.8 Å². The predicted molar refractivity (Wildman–Crippen MR) is 101 cm³/mol. The molecule has 0 aliphatic rings. The Labute approximate surface area is 153 Å². The first-order valence-corrected chi connectivity index (χ1v) is 9.34. The van der Waals surface area contributed by atoms with E-state index in [-0.39, 0.29) is 5.91 Å². The number of benzene rings is 1. The van der Waals surface area contributed by atoms with Gasteiger partial charge in [0, 0.05) is 36.6 Å². The summed E-state index contributed by atoms with van der Waals surface area (Å²) in [5, 5.41) is 7.78. The Morgan fingerprint density at radius 3 is 2.85 bits per heavy atom. The van der Waals surface area contributed by atoms with Gasteiger partial charge in [0.15, 0.2) is 5.82 Å². The van der Waals surface area contributed by atoms with E-state index in [4.69, 9.17) is 4.52 Å². The van der Waals surface area contributed by atoms with Crippen LogP contribution in [0.5, 0.6) is 0 Å². The molecule has 2 aromatic heterocycles. The first-order chi connectivity index (χ1) is 12.7. The minimum Gasteiger partial charge on any atom is -0.352 e. The highest BCUT2D eigenvalue weighted by atomic mass is 16.5. The van der Waals surface area contributed by atoms with Gasteiger partial charge < -0.3 is 14.4 Å². The number of aryl methyl sites for hydroxylation is 3. The van der Waals surface area contributed by atoms with Gasteiger partial charge in [-0.1, -0.05) is 43.1 Å². The highest BCUT2D eigenvalue weighted by Gasteiger charge is 2.14. The van der Waals surface area contributed by atoms with E-state index in [0.717, 1.165) is 35.9 Å². The third kappa shape index (κ3) is 4.31. The molecule has 0 atom stereocenters. The fraction of sp³-hybridized carbons (Fsp3) is 0.450. The normalized spacial score (nSPS) is 11.2. The number of unbranched alkanes of at least 4 members (excludes halogenated alkanes) is 2. The highest BCUT2D eigenvalue weighted by molar-refractivity contribution is 6.06. The van der Waals surface area contributed by atoms with E-state index in [1.54, 1.807) is 6.92 Å². The van der Waals surface area contributed by atoms with Crippen LogP contribution in [0.25, 0.3) is 10.9 Å². The zero-order valence-electron chi connectivity index (χ0n) is 15.5. The lowest BCUT2D eigenvalue weighted by Gasteiger charge is -2.04. The minimum absolute atomic E-state index is 0.0304. The van der Waals surface area contributed by atoms with E-state index in [1.807, 2.05) is 24.4 Å². The maximum absolute atomic E-state index is 12.6. The summed E-state index contributed by atoms with van der Waals surface area (Å²) < 4.78 is 7.28. The van der Waals surface area contributed by atoms with Crippen LogP contribution in [0.1, 0.15) is 54.7 Å². The lowest BCUT2D eigenvalue weighted by atomic mass is 10.1. The lowest BCUT2D eigenvalue weighted by molar-refractivity contribution is 0.0954. The maximum Gasteiger partial charge on any atom is 0.253 e. The molecule has 0 bridgehead atoms. The predicted octanol–water partition coefficient (Wildman–Crippen LogP) is 3.89. The summed E-state index contributed by atoms with van der Waals surface area (Å²) in [6.45, 7) is 5.51. The number of carbonyl (C=O) groups is 1. The first kappa shape index (κ1) is 18.2. The second-order valence-corrected chi connectivity index (χ2v) is 6.56. The van der Waals surface area contributed by atoms with Gasteiger partial charge in [-0.3, -0.25) is 4.79 Å². The van der Waals surface area contributed by atoms with Gasteiger partial charge in [-0.25, -0.2) is 0 Å². The van der Waals surface area contributed by atoms with Crippen LogP contribution >= 0.6 is 0 Å². The van der Waals surface area contributed by atoms with Crippen molar-refractivity contribution >= 4 is 16.8 Å². The van der Waals surface area contributed by atoms with E-state index < -0.39 is 0 Å². The van der Waals surface area contributed by atoms with Crippen LogP contribution < -0.4 is 5.32 Å². The molecule has 0 spiro atoms. The number of hydrogen-bond acceptors (Lipinski definition) is 4. The number of nitrogens with one attached hydrogen (secondary N) is 1. The summed E-state index contributed by atoms with van der Waals surface area (Å²) in [6, 6.07) is 8.10. The second kappa shape index (κ2) is 8.65. The Kier molecular flexibility index (Phi) is 6.04. The fourth-order valence-electron chi connectivity index (χ4n) is 3.12. The SMILES string of the molecule is CCCCCn1cc(C(=O)NCCCc2nc(C)no2)c2ccccc21. The standard InChI is InChI=1S/C20H26N4O2/c1-3-4-7-13-24-14-17(16-9-5-6-10-18(16)24)20(25)21-12-8-11-19-22-15(2)23-26-19/h5-6,9-10,14H,3-4,7-8,11-13H2,1-2H3,(H,21,25). The minimum atomic E-state index is -0.0304. The third-order valence-electron chi connectivity index (χ3n) is 4.46. The first-order valence-electron chi connectivity index (χ1n) is 9.34. The molecule has 6 nitrogen and oxygen atoms in total. The Hall–Kier alpha value is -2.63. The van der Waals surface area contributed by atoms with Gasteiger partial charge in [-0.2, -0.15) is 4.98 Å². The number of rotatable bonds is 9. The number of nitrogens with zero attached hydrogens (tertiary/aromatic N) is 3. The summed E-state index contributed by atoms with van der Waals surface area (Å²) in [4.78, 5) is 16.8. The Morgan fingerprint density at radius 1 is 1.23 bits per heavy atom. The molecule has 0 saturated heterocycles. The number of amides is 1. The van der Waals surface area contributed by atoms with Crippen LogP contribution in [0.15, 0.2) is 35.0 Å². The summed E-state index contributed by atoms with van der Waals surface area (Å²) in [6.07, 6.45) is 6.93. The smallest absolute Gasteiger partial charge is 0.253 e. The Bertz CT molecular complexity index is 866. The van der Waals surface area contributed by atoms with Crippen LogP contribution in [0.3, 0.4) is 0 Å². The van der Waals surface area contributed by atoms with Gasteiger partial charge >= 0.3 is 0 Å². The quantitative estimate of drug-likeness (QED) is 0.592. The molecule has 0 saturated carbocycles. The van der Waals surface area contributed by atoms with Gasteiger partial charge in [0.2, 0.25) is 5.89 Å². The summed E-state index contributed by atoms with van der Waals surface area (Å²) in [7, 11) is 0. The van der Waals surface area contributed by atoms with Crippen LogP contribution in [0.4, 0.5) is 0 Å². The average Bonchev–Trinajstić information content (AvgIpc) is 3.23. The molecule has 1 N–H and O–H groups in total. The number of carbonyl (C=O) groups excluding carboxylic acids is 1. The van der Waals surface area contributed by atoms with E-state index in [2.05, 4.69) is 33.0 Å². The number of para-hydroxylation sites is 1. The molecule has 3 rings (SSSR count). The molecule has 0 radical (unpaired) electrons. The van der Waals surface area contributed by atoms with E-state index in [1.165, 1.54) is 12.8 Å². The van der Waals surface area contributed by atoms with Crippen LogP contribution in [-0.4, -0.2) is 27.2 Å². The second-order valence-electron chi connectivity index (χ2n) is 6.56. The number of hydrogen-bond donors (Lipinski definition) is 1. The van der Waals surface area contributed by atoms with Crippen molar-refractivity contribution in [2.45, 2.75) is 52.5 Å². The van der Waals surface area contributed by atoms with E-state index in [9.17, 15) is 4.79 Å². The van der Waals surface area contributed by atoms with Crippen molar-refractivity contribution in [3.63, 3.8) is 0 Å². The average molecular weight is 354 g/mol. The van der Waals surface area contributed by atoms with Crippen molar-refractivity contribution in [1.82, 2.24) is 20.0 Å². The molecule has 1 amide bonds. The molecule has 1 aromatic carbocycles. The van der Waals surface area contributed by atoms with Crippen LogP contribution in [0.2, 0.25) is 0 Å². The van der Waals surface area contributed by atoms with Crippen molar-refractivity contribution in [3.05, 3.63) is 47.7 Å². The van der Waals surface area contributed by atoms with Crippen LogP contribution in [0, 0.1) is 6.92 Å². The molecule has 0 fully saturated rings. The monoisotopic (exact) mass is 354 g/mol. The van der Waals surface area contributed by atoms with E-state index >= 15 is 0 Å². The fourth-order valence-corrected chi connectivity index (χ4v) is 3.12. The topological polar surface area (TPSA) is 73.0 Å². The Morgan fingerprint density at radius 2 is 2.08 bits per heavy atom. The summed E-state index contributed by atoms with van der Waals surface area (Å²) in [5.41, 5.74) is 1.86. The van der Waals surface area contributed by atoms with Gasteiger partial charge in [0.05, 0.1) is 5.56 Å². The zero-order chi connectivity index (χ0) is 18.4. The molecule has 0 aliphatic carbocycles. The number of fused-ring (bicyclic) bond motifs is 1. The largest absolute Gasteiger partial charge is 0.352 e. The van der Waals surface area contributed by atoms with Gasteiger partial charge in [0.25, 0.3) is 5.91 Å². The van der Waals surface area contributed by atoms with Gasteiger partial charge in [-0.15, -0.1) is 0 Å². The van der Waals surface area contributed by atoms with Crippen molar-refractivity contribution in [2.75, 3.05) is 6.54 Å². The van der Waals surface area contributed by atoms with E-state index in [0.29, 0.717) is 24.7 Å². The number of aromatic nitrogens is 3.